The minimum absolute atomic E-state index is 0.0822. The largest absolute Gasteiger partial charge is 0.323 e. The van der Waals surface area contributed by atoms with E-state index in [1.165, 1.54) is 16.6 Å². The summed E-state index contributed by atoms with van der Waals surface area (Å²) in [7, 11) is -3.20. The van der Waals surface area contributed by atoms with E-state index in [1.807, 2.05) is 4.90 Å². The Morgan fingerprint density at radius 2 is 1.79 bits per heavy atom. The summed E-state index contributed by atoms with van der Waals surface area (Å²) in [6.45, 7) is 2.14. The second kappa shape index (κ2) is 8.63. The predicted molar refractivity (Wildman–Crippen MR) is 105 cm³/mol. The standard InChI is InChI=1S/C18H22FN5O3S/c1-28(26,27)24-11-9-23(10-12-24)13-14-3-2-4-16(17(14)19)22-18(25)21-15-5-7-20-8-6-15/h2-8H,9-13H2,1H3,(H2,20,21,22,25). The van der Waals surface area contributed by atoms with Gasteiger partial charge in [0.15, 0.2) is 5.82 Å². The smallest absolute Gasteiger partial charge is 0.308 e. The Morgan fingerprint density at radius 3 is 2.43 bits per heavy atom. The van der Waals surface area contributed by atoms with Gasteiger partial charge in [0.25, 0.3) is 0 Å². The maximum absolute atomic E-state index is 14.8. The summed E-state index contributed by atoms with van der Waals surface area (Å²) in [4.78, 5) is 17.9. The molecule has 28 heavy (non-hydrogen) atoms. The van der Waals surface area contributed by atoms with E-state index < -0.39 is 21.9 Å². The van der Waals surface area contributed by atoms with E-state index >= 15 is 0 Å². The quantitative estimate of drug-likeness (QED) is 0.790. The van der Waals surface area contributed by atoms with Crippen molar-refractivity contribution in [1.82, 2.24) is 14.2 Å². The van der Waals surface area contributed by atoms with Gasteiger partial charge in [0, 0.05) is 56.4 Å². The number of pyridine rings is 1. The van der Waals surface area contributed by atoms with Crippen LogP contribution < -0.4 is 10.6 Å². The Hall–Kier alpha value is -2.56. The molecule has 1 aliphatic heterocycles. The van der Waals surface area contributed by atoms with Gasteiger partial charge in [0.2, 0.25) is 10.0 Å². The molecule has 0 spiro atoms. The van der Waals surface area contributed by atoms with Crippen LogP contribution in [-0.4, -0.2) is 61.1 Å². The predicted octanol–water partition coefficient (Wildman–Crippen LogP) is 1.94. The average Bonchev–Trinajstić information content (AvgIpc) is 2.65. The van der Waals surface area contributed by atoms with Crippen LogP contribution in [-0.2, 0) is 16.6 Å². The Labute approximate surface area is 163 Å². The summed E-state index contributed by atoms with van der Waals surface area (Å²) in [6.07, 6.45) is 4.27. The minimum Gasteiger partial charge on any atom is -0.308 e. The molecule has 1 saturated heterocycles. The van der Waals surface area contributed by atoms with Crippen molar-refractivity contribution in [2.24, 2.45) is 0 Å². The van der Waals surface area contributed by atoms with E-state index in [0.717, 1.165) is 0 Å². The molecule has 0 radical (unpaired) electrons. The molecule has 2 amide bonds. The summed E-state index contributed by atoms with van der Waals surface area (Å²) in [5.74, 6) is -0.502. The van der Waals surface area contributed by atoms with Gasteiger partial charge in [-0.1, -0.05) is 12.1 Å². The number of amides is 2. The van der Waals surface area contributed by atoms with Gasteiger partial charge in [-0.05, 0) is 18.2 Å². The molecule has 150 valence electrons. The fraction of sp³-hybridized carbons (Fsp3) is 0.333. The number of nitrogens with zero attached hydrogens (tertiary/aromatic N) is 3. The molecule has 1 aromatic carbocycles. The van der Waals surface area contributed by atoms with Crippen LogP contribution in [0.5, 0.6) is 0 Å². The van der Waals surface area contributed by atoms with Gasteiger partial charge < -0.3 is 10.6 Å². The summed E-state index contributed by atoms with van der Waals surface area (Å²) >= 11 is 0. The van der Waals surface area contributed by atoms with Crippen LogP contribution in [0.15, 0.2) is 42.7 Å². The lowest BCUT2D eigenvalue weighted by Crippen LogP contribution is -2.47. The number of carbonyl (C=O) groups is 1. The lowest BCUT2D eigenvalue weighted by Gasteiger charge is -2.33. The first-order chi connectivity index (χ1) is 13.3. The van der Waals surface area contributed by atoms with Gasteiger partial charge in [-0.2, -0.15) is 4.31 Å². The molecule has 3 rings (SSSR count). The number of benzene rings is 1. The number of anilines is 2. The first-order valence-corrected chi connectivity index (χ1v) is 10.6. The number of nitrogens with one attached hydrogen (secondary N) is 2. The highest BCUT2D eigenvalue weighted by atomic mass is 32.2. The molecule has 1 aromatic heterocycles. The highest BCUT2D eigenvalue weighted by molar-refractivity contribution is 7.88. The van der Waals surface area contributed by atoms with Gasteiger partial charge in [-0.15, -0.1) is 0 Å². The van der Waals surface area contributed by atoms with Crippen LogP contribution in [0.25, 0.3) is 0 Å². The maximum atomic E-state index is 14.8. The van der Waals surface area contributed by atoms with Crippen LogP contribution in [0.4, 0.5) is 20.6 Å². The number of hydrogen-bond donors (Lipinski definition) is 2. The molecule has 10 heteroatoms. The van der Waals surface area contributed by atoms with Crippen molar-refractivity contribution in [1.29, 1.82) is 0 Å². The van der Waals surface area contributed by atoms with Crippen molar-refractivity contribution in [3.8, 4) is 0 Å². The van der Waals surface area contributed by atoms with Crippen molar-refractivity contribution in [3.63, 3.8) is 0 Å². The molecule has 2 N–H and O–H groups in total. The molecule has 0 unspecified atom stereocenters. The highest BCUT2D eigenvalue weighted by Crippen LogP contribution is 2.21. The lowest BCUT2D eigenvalue weighted by atomic mass is 10.1. The van der Waals surface area contributed by atoms with Crippen molar-refractivity contribution in [2.45, 2.75) is 6.54 Å². The Morgan fingerprint density at radius 1 is 1.11 bits per heavy atom. The molecular weight excluding hydrogens is 385 g/mol. The van der Waals surface area contributed by atoms with Crippen LogP contribution >= 0.6 is 0 Å². The summed E-state index contributed by atoms with van der Waals surface area (Å²) in [5, 5.41) is 5.12. The zero-order valence-corrected chi connectivity index (χ0v) is 16.2. The van der Waals surface area contributed by atoms with Crippen LogP contribution in [0, 0.1) is 5.82 Å². The number of carbonyl (C=O) groups excluding carboxylic acids is 1. The topological polar surface area (TPSA) is 94.6 Å². The van der Waals surface area contributed by atoms with E-state index in [2.05, 4.69) is 15.6 Å². The number of urea groups is 1. The highest BCUT2D eigenvalue weighted by Gasteiger charge is 2.24. The molecule has 1 fully saturated rings. The maximum Gasteiger partial charge on any atom is 0.323 e. The van der Waals surface area contributed by atoms with Gasteiger partial charge >= 0.3 is 6.03 Å². The van der Waals surface area contributed by atoms with Crippen molar-refractivity contribution in [2.75, 3.05) is 43.1 Å². The van der Waals surface area contributed by atoms with E-state index in [4.69, 9.17) is 0 Å². The number of sulfonamides is 1. The van der Waals surface area contributed by atoms with Gasteiger partial charge in [0.05, 0.1) is 11.9 Å². The van der Waals surface area contributed by atoms with E-state index in [0.29, 0.717) is 44.0 Å². The second-order valence-corrected chi connectivity index (χ2v) is 8.51. The molecule has 0 saturated carbocycles. The molecule has 0 aliphatic carbocycles. The van der Waals surface area contributed by atoms with Crippen LogP contribution in [0.1, 0.15) is 5.56 Å². The number of rotatable bonds is 5. The lowest BCUT2D eigenvalue weighted by molar-refractivity contribution is 0.180. The molecule has 2 aromatic rings. The normalized spacial score (nSPS) is 15.9. The SMILES string of the molecule is CS(=O)(=O)N1CCN(Cc2cccc(NC(=O)Nc3ccncc3)c2F)CC1. The Balaban J connectivity index is 1.61. The minimum atomic E-state index is -3.20. The van der Waals surface area contributed by atoms with Crippen molar-refractivity contribution >= 4 is 27.4 Å². The third kappa shape index (κ3) is 5.24. The summed E-state index contributed by atoms with van der Waals surface area (Å²) in [6, 6.07) is 7.53. The molecule has 0 atom stereocenters. The van der Waals surface area contributed by atoms with Gasteiger partial charge in [-0.25, -0.2) is 17.6 Å². The van der Waals surface area contributed by atoms with Gasteiger partial charge in [-0.3, -0.25) is 9.88 Å². The third-order valence-electron chi connectivity index (χ3n) is 4.46. The van der Waals surface area contributed by atoms with Crippen molar-refractivity contribution in [3.05, 3.63) is 54.1 Å². The number of piperazine rings is 1. The van der Waals surface area contributed by atoms with E-state index in [-0.39, 0.29) is 5.69 Å². The molecule has 0 bridgehead atoms. The van der Waals surface area contributed by atoms with E-state index in [9.17, 15) is 17.6 Å². The fourth-order valence-electron chi connectivity index (χ4n) is 2.98. The average molecular weight is 407 g/mol. The first-order valence-electron chi connectivity index (χ1n) is 8.76. The number of hydrogen-bond acceptors (Lipinski definition) is 5. The third-order valence-corrected chi connectivity index (χ3v) is 5.76. The summed E-state index contributed by atoms with van der Waals surface area (Å²) < 4.78 is 39.4. The van der Waals surface area contributed by atoms with Crippen LogP contribution in [0.3, 0.4) is 0 Å². The molecule has 8 nitrogen and oxygen atoms in total. The zero-order chi connectivity index (χ0) is 20.1. The molecular formula is C18H22FN5O3S. The second-order valence-electron chi connectivity index (χ2n) is 6.53. The van der Waals surface area contributed by atoms with Crippen molar-refractivity contribution < 1.29 is 17.6 Å². The monoisotopic (exact) mass is 407 g/mol. The van der Waals surface area contributed by atoms with E-state index in [1.54, 1.807) is 36.7 Å². The summed E-state index contributed by atoms with van der Waals surface area (Å²) in [5.41, 5.74) is 1.07. The Bertz CT molecular complexity index is 931. The zero-order valence-electron chi connectivity index (χ0n) is 15.4. The Kier molecular flexibility index (Phi) is 6.22. The fourth-order valence-corrected chi connectivity index (χ4v) is 3.81. The van der Waals surface area contributed by atoms with Crippen LogP contribution in [0.2, 0.25) is 0 Å². The molecule has 2 heterocycles. The first kappa shape index (κ1) is 20.2. The van der Waals surface area contributed by atoms with Gasteiger partial charge in [0.1, 0.15) is 0 Å². The molecule has 1 aliphatic rings. The number of halogens is 1. The number of aromatic nitrogens is 1.